The number of hydrogen-bond donors (Lipinski definition) is 2. The van der Waals surface area contributed by atoms with Gasteiger partial charge in [0.05, 0.1) is 11.0 Å². The minimum Gasteiger partial charge on any atom is -0.325 e. The van der Waals surface area contributed by atoms with E-state index in [1.807, 2.05) is 13.0 Å². The van der Waals surface area contributed by atoms with Crippen molar-refractivity contribution in [3.8, 4) is 6.07 Å². The summed E-state index contributed by atoms with van der Waals surface area (Å²) in [6.07, 6.45) is 1.17. The van der Waals surface area contributed by atoms with Gasteiger partial charge >= 0.3 is 0 Å². The highest BCUT2D eigenvalue weighted by Gasteiger charge is 2.17. The van der Waals surface area contributed by atoms with E-state index >= 15 is 0 Å². The molecule has 3 N–H and O–H groups in total. The van der Waals surface area contributed by atoms with Gasteiger partial charge in [-0.3, -0.25) is 4.79 Å². The predicted octanol–water partition coefficient (Wildman–Crippen LogP) is 1.21. The van der Waals surface area contributed by atoms with Crippen molar-refractivity contribution < 1.29 is 13.2 Å². The smallest absolute Gasteiger partial charge is 0.241 e. The van der Waals surface area contributed by atoms with Crippen molar-refractivity contribution >= 4 is 21.6 Å². The molecule has 0 aromatic heterocycles. The fourth-order valence-corrected chi connectivity index (χ4v) is 2.08. The van der Waals surface area contributed by atoms with Crippen molar-refractivity contribution in [3.05, 3.63) is 24.3 Å². The van der Waals surface area contributed by atoms with E-state index < -0.39 is 21.8 Å². The lowest BCUT2D eigenvalue weighted by Crippen LogP contribution is -2.21. The molecule has 1 rings (SSSR count). The molecule has 0 aliphatic carbocycles. The topological polar surface area (TPSA) is 113 Å². The lowest BCUT2D eigenvalue weighted by Gasteiger charge is -2.09. The molecule has 0 radical (unpaired) electrons. The second kappa shape index (κ2) is 6.31. The summed E-state index contributed by atoms with van der Waals surface area (Å²) >= 11 is 0. The van der Waals surface area contributed by atoms with Crippen molar-refractivity contribution in [1.82, 2.24) is 0 Å². The first-order valence-corrected chi connectivity index (χ1v) is 7.26. The normalized spacial score (nSPS) is 12.5. The summed E-state index contributed by atoms with van der Waals surface area (Å²) in [5.74, 6) is -1.20. The molecule has 1 aromatic carbocycles. The van der Waals surface area contributed by atoms with Gasteiger partial charge in [0, 0.05) is 5.69 Å². The van der Waals surface area contributed by atoms with Gasteiger partial charge in [-0.05, 0) is 24.6 Å². The minimum atomic E-state index is -3.81. The van der Waals surface area contributed by atoms with Crippen molar-refractivity contribution in [2.75, 3.05) is 5.32 Å². The van der Waals surface area contributed by atoms with E-state index in [4.69, 9.17) is 10.4 Å². The molecule has 0 aliphatic heterocycles. The molecule has 7 heteroatoms. The Labute approximate surface area is 112 Å². The van der Waals surface area contributed by atoms with Gasteiger partial charge in [-0.2, -0.15) is 5.26 Å². The first-order valence-electron chi connectivity index (χ1n) is 5.71. The van der Waals surface area contributed by atoms with Crippen LogP contribution in [0.25, 0.3) is 0 Å². The zero-order valence-corrected chi connectivity index (χ0v) is 11.3. The second-order valence-electron chi connectivity index (χ2n) is 4.03. The highest BCUT2D eigenvalue weighted by atomic mass is 32.2. The van der Waals surface area contributed by atoms with Crippen molar-refractivity contribution in [2.24, 2.45) is 11.1 Å². The van der Waals surface area contributed by atoms with Gasteiger partial charge in [0.25, 0.3) is 0 Å². The van der Waals surface area contributed by atoms with Crippen LogP contribution in [0.5, 0.6) is 0 Å². The number of nitrogens with zero attached hydrogens (tertiary/aromatic N) is 1. The van der Waals surface area contributed by atoms with Crippen molar-refractivity contribution in [3.63, 3.8) is 0 Å². The Balaban J connectivity index is 2.89. The number of nitriles is 1. The highest BCUT2D eigenvalue weighted by Crippen LogP contribution is 2.16. The van der Waals surface area contributed by atoms with Crippen LogP contribution in [0.1, 0.15) is 19.8 Å². The van der Waals surface area contributed by atoms with Crippen LogP contribution in [0.2, 0.25) is 0 Å². The molecule has 6 nitrogen and oxygen atoms in total. The molecule has 1 amide bonds. The number of rotatable bonds is 5. The van der Waals surface area contributed by atoms with Gasteiger partial charge in [0.2, 0.25) is 15.9 Å². The summed E-state index contributed by atoms with van der Waals surface area (Å²) in [4.78, 5) is 11.7. The van der Waals surface area contributed by atoms with E-state index in [1.54, 1.807) is 0 Å². The maximum absolute atomic E-state index is 11.8. The van der Waals surface area contributed by atoms with E-state index in [1.165, 1.54) is 24.3 Å². The Bertz CT molecular complexity index is 605. The molecule has 0 spiro atoms. The third-order valence-electron chi connectivity index (χ3n) is 2.48. The van der Waals surface area contributed by atoms with E-state index in [2.05, 4.69) is 5.32 Å². The summed E-state index contributed by atoms with van der Waals surface area (Å²) in [6.45, 7) is 1.87. The summed E-state index contributed by atoms with van der Waals surface area (Å²) in [5, 5.41) is 16.4. The maximum atomic E-state index is 11.8. The Morgan fingerprint density at radius 1 is 1.53 bits per heavy atom. The number of amides is 1. The van der Waals surface area contributed by atoms with Crippen LogP contribution in [0.15, 0.2) is 29.2 Å². The number of nitrogens with one attached hydrogen (secondary N) is 1. The van der Waals surface area contributed by atoms with E-state index in [0.717, 1.165) is 0 Å². The second-order valence-corrected chi connectivity index (χ2v) is 5.59. The fraction of sp³-hybridized carbons (Fsp3) is 0.333. The van der Waals surface area contributed by atoms with Gasteiger partial charge in [-0.25, -0.2) is 13.6 Å². The number of anilines is 1. The summed E-state index contributed by atoms with van der Waals surface area (Å²) in [5.41, 5.74) is 0.299. The summed E-state index contributed by atoms with van der Waals surface area (Å²) < 4.78 is 22.4. The minimum absolute atomic E-state index is 0.0886. The molecule has 1 aromatic rings. The highest BCUT2D eigenvalue weighted by molar-refractivity contribution is 7.89. The monoisotopic (exact) mass is 281 g/mol. The zero-order valence-electron chi connectivity index (χ0n) is 10.5. The largest absolute Gasteiger partial charge is 0.325 e. The molecular formula is C12H15N3O3S. The van der Waals surface area contributed by atoms with Crippen molar-refractivity contribution in [1.29, 1.82) is 5.26 Å². The molecule has 0 aliphatic rings. The average Bonchev–Trinajstić information content (AvgIpc) is 2.35. The van der Waals surface area contributed by atoms with Gasteiger partial charge < -0.3 is 5.32 Å². The van der Waals surface area contributed by atoms with Crippen LogP contribution in [-0.2, 0) is 14.8 Å². The first-order chi connectivity index (χ1) is 8.88. The number of primary sulfonamides is 1. The van der Waals surface area contributed by atoms with Gasteiger partial charge in [-0.1, -0.05) is 19.4 Å². The number of hydrogen-bond acceptors (Lipinski definition) is 4. The number of nitrogens with two attached hydrogens (primary N) is 1. The lowest BCUT2D eigenvalue weighted by atomic mass is 10.0. The molecule has 1 atom stereocenters. The van der Waals surface area contributed by atoms with Crippen LogP contribution in [0.3, 0.4) is 0 Å². The molecule has 0 heterocycles. The van der Waals surface area contributed by atoms with Crippen LogP contribution >= 0.6 is 0 Å². The van der Waals surface area contributed by atoms with Crippen LogP contribution in [-0.4, -0.2) is 14.3 Å². The Hall–Kier alpha value is -1.91. The molecular weight excluding hydrogens is 266 g/mol. The number of carbonyl (C=O) groups excluding carboxylic acids is 1. The molecule has 19 heavy (non-hydrogen) atoms. The van der Waals surface area contributed by atoms with E-state index in [-0.39, 0.29) is 4.90 Å². The molecule has 0 bridgehead atoms. The summed E-state index contributed by atoms with van der Waals surface area (Å²) in [7, 11) is -3.81. The molecule has 102 valence electrons. The van der Waals surface area contributed by atoms with Crippen LogP contribution in [0, 0.1) is 17.2 Å². The maximum Gasteiger partial charge on any atom is 0.241 e. The van der Waals surface area contributed by atoms with Crippen LogP contribution < -0.4 is 10.5 Å². The standard InChI is InChI=1S/C12H15N3O3S/c1-2-4-9(8-13)12(16)15-10-5-3-6-11(7-10)19(14,17)18/h3,5-7,9H,2,4H2,1H3,(H,15,16)(H2,14,17,18). The number of benzene rings is 1. The SMILES string of the molecule is CCCC(C#N)C(=O)Nc1cccc(S(N)(=O)=O)c1. The van der Waals surface area contributed by atoms with Crippen LogP contribution in [0.4, 0.5) is 5.69 Å². The quantitative estimate of drug-likeness (QED) is 0.844. The van der Waals surface area contributed by atoms with Gasteiger partial charge in [0.1, 0.15) is 5.92 Å². The van der Waals surface area contributed by atoms with Gasteiger partial charge in [0.15, 0.2) is 0 Å². The molecule has 0 saturated carbocycles. The number of carbonyl (C=O) groups is 1. The number of sulfonamides is 1. The third-order valence-corrected chi connectivity index (χ3v) is 3.39. The lowest BCUT2D eigenvalue weighted by molar-refractivity contribution is -0.118. The van der Waals surface area contributed by atoms with Gasteiger partial charge in [-0.15, -0.1) is 0 Å². The average molecular weight is 281 g/mol. The van der Waals surface area contributed by atoms with E-state index in [9.17, 15) is 13.2 Å². The fourth-order valence-electron chi connectivity index (χ4n) is 1.52. The predicted molar refractivity (Wildman–Crippen MR) is 70.5 cm³/mol. The molecule has 0 fully saturated rings. The Morgan fingerprint density at radius 3 is 2.74 bits per heavy atom. The third kappa shape index (κ3) is 4.35. The molecule has 1 unspecified atom stereocenters. The van der Waals surface area contributed by atoms with Crippen molar-refractivity contribution in [2.45, 2.75) is 24.7 Å². The van der Waals surface area contributed by atoms with E-state index in [0.29, 0.717) is 18.5 Å². The Morgan fingerprint density at radius 2 is 2.21 bits per heavy atom. The Kier molecular flexibility index (Phi) is 5.03. The summed E-state index contributed by atoms with van der Waals surface area (Å²) in [6, 6.07) is 7.51. The zero-order chi connectivity index (χ0) is 14.5. The molecule has 0 saturated heterocycles. The first kappa shape index (κ1) is 15.1.